The quantitative estimate of drug-likeness (QED) is 0.412. The van der Waals surface area contributed by atoms with Gasteiger partial charge in [-0.05, 0) is 61.4 Å². The maximum absolute atomic E-state index is 12.6. The summed E-state index contributed by atoms with van der Waals surface area (Å²) in [5.74, 6) is 0.333. The topological polar surface area (TPSA) is 74.2 Å². The highest BCUT2D eigenvalue weighted by atomic mass is 16.5. The highest BCUT2D eigenvalue weighted by Crippen LogP contribution is 2.26. The van der Waals surface area contributed by atoms with Gasteiger partial charge >= 0.3 is 0 Å². The lowest BCUT2D eigenvalue weighted by Crippen LogP contribution is -2.23. The summed E-state index contributed by atoms with van der Waals surface area (Å²) in [7, 11) is 1.64. The summed E-state index contributed by atoms with van der Waals surface area (Å²) >= 11 is 0. The molecule has 0 unspecified atom stereocenters. The number of carbonyl (C=O) groups excluding carboxylic acids is 1. The summed E-state index contributed by atoms with van der Waals surface area (Å²) in [5.41, 5.74) is 4.97. The number of fused-ring (bicyclic) bond motifs is 1. The van der Waals surface area contributed by atoms with Gasteiger partial charge in [-0.15, -0.1) is 0 Å². The van der Waals surface area contributed by atoms with Crippen molar-refractivity contribution in [2.24, 2.45) is 5.10 Å². The first-order valence-electron chi connectivity index (χ1n) is 10.4. The second kappa shape index (κ2) is 9.98. The normalized spacial score (nSPS) is 12.1. The molecule has 0 radical (unpaired) electrons. The number of hydrogen-bond donors (Lipinski definition) is 2. The Morgan fingerprint density at radius 3 is 2.48 bits per heavy atom. The fraction of sp³-hybridized carbons (Fsp3) is 0.280. The zero-order valence-corrected chi connectivity index (χ0v) is 18.4. The molecule has 0 aliphatic carbocycles. The van der Waals surface area contributed by atoms with Crippen LogP contribution in [0.5, 0.6) is 11.5 Å². The van der Waals surface area contributed by atoms with Crippen LogP contribution >= 0.6 is 0 Å². The van der Waals surface area contributed by atoms with Crippen molar-refractivity contribution in [1.29, 1.82) is 0 Å². The third-order valence-corrected chi connectivity index (χ3v) is 5.49. The van der Waals surface area contributed by atoms with E-state index in [0.717, 1.165) is 40.9 Å². The number of methoxy groups -OCH3 is 1. The minimum Gasteiger partial charge on any atom is -0.507 e. The van der Waals surface area contributed by atoms with E-state index >= 15 is 0 Å². The summed E-state index contributed by atoms with van der Waals surface area (Å²) in [6.07, 6.45) is 1.46. The summed E-state index contributed by atoms with van der Waals surface area (Å²) in [4.78, 5) is 14.7. The molecule has 0 saturated carbocycles. The zero-order chi connectivity index (χ0) is 22.4. The average molecular weight is 420 g/mol. The van der Waals surface area contributed by atoms with Crippen molar-refractivity contribution in [1.82, 2.24) is 5.43 Å². The van der Waals surface area contributed by atoms with Crippen LogP contribution in [0.3, 0.4) is 0 Å². The third-order valence-electron chi connectivity index (χ3n) is 5.49. The first kappa shape index (κ1) is 22.2. The third kappa shape index (κ3) is 5.15. The minimum absolute atomic E-state index is 0.125. The Kier molecular flexibility index (Phi) is 7.13. The lowest BCUT2D eigenvalue weighted by atomic mass is 9.97. The second-order valence-corrected chi connectivity index (χ2v) is 7.34. The molecule has 3 aromatic rings. The number of nitrogens with zero attached hydrogens (tertiary/aromatic N) is 2. The number of nitrogens with one attached hydrogen (secondary N) is 1. The molecular formula is C25H29N3O3. The van der Waals surface area contributed by atoms with Gasteiger partial charge in [0, 0.05) is 30.4 Å². The fourth-order valence-corrected chi connectivity index (χ4v) is 3.48. The van der Waals surface area contributed by atoms with Crippen LogP contribution < -0.4 is 15.1 Å². The molecule has 1 atom stereocenters. The number of hydrazone groups is 1. The van der Waals surface area contributed by atoms with Crippen LogP contribution in [0.25, 0.3) is 10.8 Å². The Morgan fingerprint density at radius 2 is 1.81 bits per heavy atom. The van der Waals surface area contributed by atoms with Gasteiger partial charge in [0.05, 0.1) is 19.2 Å². The summed E-state index contributed by atoms with van der Waals surface area (Å²) in [6.45, 7) is 7.70. The molecule has 0 spiro atoms. The smallest absolute Gasteiger partial charge is 0.247 e. The van der Waals surface area contributed by atoms with E-state index in [2.05, 4.69) is 29.3 Å². The van der Waals surface area contributed by atoms with Crippen LogP contribution in [0.1, 0.15) is 37.8 Å². The molecule has 3 aromatic carbocycles. The number of hydrogen-bond acceptors (Lipinski definition) is 5. The van der Waals surface area contributed by atoms with Crippen molar-refractivity contribution in [2.75, 3.05) is 25.1 Å². The molecule has 0 fully saturated rings. The van der Waals surface area contributed by atoms with Crippen LogP contribution in [0, 0.1) is 0 Å². The van der Waals surface area contributed by atoms with Crippen molar-refractivity contribution in [3.63, 3.8) is 0 Å². The van der Waals surface area contributed by atoms with Crippen molar-refractivity contribution in [3.8, 4) is 11.5 Å². The van der Waals surface area contributed by atoms with Gasteiger partial charge in [0.2, 0.25) is 5.91 Å². The van der Waals surface area contributed by atoms with Crippen LogP contribution in [0.2, 0.25) is 0 Å². The maximum atomic E-state index is 12.6. The molecule has 2 N–H and O–H groups in total. The van der Waals surface area contributed by atoms with E-state index < -0.39 is 0 Å². The van der Waals surface area contributed by atoms with Gasteiger partial charge in [-0.25, -0.2) is 5.43 Å². The Morgan fingerprint density at radius 1 is 1.10 bits per heavy atom. The van der Waals surface area contributed by atoms with E-state index in [9.17, 15) is 9.90 Å². The number of carbonyl (C=O) groups is 1. The second-order valence-electron chi connectivity index (χ2n) is 7.34. The first-order chi connectivity index (χ1) is 15.0. The number of anilines is 1. The first-order valence-corrected chi connectivity index (χ1v) is 10.4. The standard InChI is InChI=1S/C25H29N3O3/c1-5-28(6-2)22-11-9-21(24(29)15-22)16-26-27-25(30)17(3)18-7-8-20-14-23(31-4)12-10-19(20)13-18/h7-17,29H,5-6H2,1-4H3,(H,27,30)/b26-16-/t17-/m0/s1. The van der Waals surface area contributed by atoms with Crippen molar-refractivity contribution in [2.45, 2.75) is 26.7 Å². The van der Waals surface area contributed by atoms with Gasteiger partial charge < -0.3 is 14.7 Å². The monoisotopic (exact) mass is 419 g/mol. The van der Waals surface area contributed by atoms with E-state index in [-0.39, 0.29) is 17.6 Å². The molecule has 31 heavy (non-hydrogen) atoms. The highest BCUT2D eigenvalue weighted by Gasteiger charge is 2.15. The average Bonchev–Trinajstić information content (AvgIpc) is 2.79. The molecule has 6 nitrogen and oxygen atoms in total. The molecule has 0 aliphatic rings. The predicted octanol–water partition coefficient (Wildman–Crippen LogP) is 4.65. The van der Waals surface area contributed by atoms with Crippen LogP contribution in [-0.2, 0) is 4.79 Å². The number of amides is 1. The minimum atomic E-state index is -0.373. The maximum Gasteiger partial charge on any atom is 0.247 e. The summed E-state index contributed by atoms with van der Waals surface area (Å²) in [5, 5.41) is 16.4. The molecule has 1 amide bonds. The van der Waals surface area contributed by atoms with E-state index in [1.165, 1.54) is 6.21 Å². The van der Waals surface area contributed by atoms with Crippen molar-refractivity contribution >= 4 is 28.6 Å². The number of phenols is 1. The molecule has 162 valence electrons. The Labute approximate surface area is 183 Å². The number of aromatic hydroxyl groups is 1. The zero-order valence-electron chi connectivity index (χ0n) is 18.4. The van der Waals surface area contributed by atoms with Gasteiger partial charge in [0.15, 0.2) is 0 Å². The molecule has 0 aliphatic heterocycles. The number of rotatable bonds is 8. The van der Waals surface area contributed by atoms with E-state index in [0.29, 0.717) is 5.56 Å². The predicted molar refractivity (Wildman–Crippen MR) is 126 cm³/mol. The molecule has 0 saturated heterocycles. The van der Waals surface area contributed by atoms with Crippen molar-refractivity contribution in [3.05, 3.63) is 65.7 Å². The Bertz CT molecular complexity index is 1090. The lowest BCUT2D eigenvalue weighted by Gasteiger charge is -2.21. The van der Waals surface area contributed by atoms with Crippen LogP contribution in [0.4, 0.5) is 5.69 Å². The molecular weight excluding hydrogens is 390 g/mol. The SMILES string of the molecule is CCN(CC)c1ccc(/C=N\NC(=O)[C@@H](C)c2ccc3cc(OC)ccc3c2)c(O)c1. The van der Waals surface area contributed by atoms with Crippen molar-refractivity contribution < 1.29 is 14.6 Å². The lowest BCUT2D eigenvalue weighted by molar-refractivity contribution is -0.122. The Hall–Kier alpha value is -3.54. The van der Waals surface area contributed by atoms with Crippen LogP contribution in [0.15, 0.2) is 59.7 Å². The van der Waals surface area contributed by atoms with Gasteiger partial charge in [0.1, 0.15) is 11.5 Å². The Balaban J connectivity index is 1.67. The molecule has 0 aromatic heterocycles. The molecule has 0 bridgehead atoms. The summed E-state index contributed by atoms with van der Waals surface area (Å²) < 4.78 is 5.26. The van der Waals surface area contributed by atoms with Crippen LogP contribution in [-0.4, -0.2) is 37.4 Å². The van der Waals surface area contributed by atoms with E-state index in [1.54, 1.807) is 19.2 Å². The fourth-order valence-electron chi connectivity index (χ4n) is 3.48. The number of ether oxygens (including phenoxy) is 1. The number of benzene rings is 3. The highest BCUT2D eigenvalue weighted by molar-refractivity contribution is 5.90. The number of phenolic OH excluding ortho intramolecular Hbond substituents is 1. The van der Waals surface area contributed by atoms with Gasteiger partial charge in [-0.1, -0.05) is 24.3 Å². The van der Waals surface area contributed by atoms with Gasteiger partial charge in [-0.2, -0.15) is 5.10 Å². The van der Waals surface area contributed by atoms with Gasteiger partial charge in [-0.3, -0.25) is 4.79 Å². The van der Waals surface area contributed by atoms with Gasteiger partial charge in [0.25, 0.3) is 0 Å². The van der Waals surface area contributed by atoms with E-state index in [1.807, 2.05) is 49.4 Å². The molecule has 6 heteroatoms. The summed E-state index contributed by atoms with van der Waals surface area (Å²) in [6, 6.07) is 17.2. The largest absolute Gasteiger partial charge is 0.507 e. The van der Waals surface area contributed by atoms with E-state index in [4.69, 9.17) is 4.74 Å². The molecule has 0 heterocycles. The molecule has 3 rings (SSSR count).